The van der Waals surface area contributed by atoms with Gasteiger partial charge in [-0.15, -0.1) is 0 Å². The third kappa shape index (κ3) is 3.15. The summed E-state index contributed by atoms with van der Waals surface area (Å²) in [5.74, 6) is -0.635. The summed E-state index contributed by atoms with van der Waals surface area (Å²) in [5.41, 5.74) is 6.03. The quantitative estimate of drug-likeness (QED) is 0.825. The molecule has 2 heterocycles. The fraction of sp³-hybridized carbons (Fsp3) is 0. The number of carboxylic acids is 1. The molecule has 6 nitrogen and oxygen atoms in total. The Balaban J connectivity index is 1.91. The lowest BCUT2D eigenvalue weighted by Gasteiger charge is -2.02. The molecule has 0 aliphatic carbocycles. The summed E-state index contributed by atoms with van der Waals surface area (Å²) in [4.78, 5) is 26.6. The molecule has 0 fully saturated rings. The second kappa shape index (κ2) is 5.94. The fourth-order valence-corrected chi connectivity index (χ4v) is 2.84. The minimum absolute atomic E-state index is 0.0110. The van der Waals surface area contributed by atoms with Crippen molar-refractivity contribution in [2.75, 3.05) is 0 Å². The Hall–Kier alpha value is -2.51. The summed E-state index contributed by atoms with van der Waals surface area (Å²) in [6.07, 6.45) is 1.54. The van der Waals surface area contributed by atoms with Gasteiger partial charge >= 0.3 is 5.97 Å². The SMILES string of the molecule is NC1=NC(=O)C(=Cc2ccc(-c3ccc(Cl)c(C(=O)O)c3)o2)S1. The zero-order valence-electron chi connectivity index (χ0n) is 11.4. The third-order valence-electron chi connectivity index (χ3n) is 3.02. The number of nitrogens with zero attached hydrogens (tertiary/aromatic N) is 1. The van der Waals surface area contributed by atoms with E-state index in [1.54, 1.807) is 18.2 Å². The molecule has 1 aromatic carbocycles. The van der Waals surface area contributed by atoms with E-state index in [-0.39, 0.29) is 15.8 Å². The molecule has 0 saturated carbocycles. The average molecular weight is 349 g/mol. The van der Waals surface area contributed by atoms with E-state index >= 15 is 0 Å². The second-order valence-electron chi connectivity index (χ2n) is 4.57. The lowest BCUT2D eigenvalue weighted by atomic mass is 10.1. The molecular formula is C15H9ClN2O4S. The van der Waals surface area contributed by atoms with E-state index in [1.807, 2.05) is 0 Å². The number of aromatic carboxylic acids is 1. The van der Waals surface area contributed by atoms with Crippen LogP contribution < -0.4 is 5.73 Å². The molecular weight excluding hydrogens is 340 g/mol. The van der Waals surface area contributed by atoms with E-state index in [2.05, 4.69) is 4.99 Å². The summed E-state index contributed by atoms with van der Waals surface area (Å²) in [5, 5.41) is 9.44. The molecule has 0 saturated heterocycles. The number of nitrogens with two attached hydrogens (primary N) is 1. The van der Waals surface area contributed by atoms with E-state index in [9.17, 15) is 9.59 Å². The number of hydrogen-bond acceptors (Lipinski definition) is 5. The number of aliphatic imine (C=N–C) groups is 1. The maximum absolute atomic E-state index is 11.5. The molecule has 2 aromatic rings. The van der Waals surface area contributed by atoms with Gasteiger partial charge in [0.05, 0.1) is 15.5 Å². The van der Waals surface area contributed by atoms with Crippen LogP contribution in [-0.2, 0) is 4.79 Å². The highest BCUT2D eigenvalue weighted by molar-refractivity contribution is 8.18. The van der Waals surface area contributed by atoms with Crippen molar-refractivity contribution in [3.05, 3.63) is 51.6 Å². The van der Waals surface area contributed by atoms with E-state index < -0.39 is 11.9 Å². The first-order valence-corrected chi connectivity index (χ1v) is 7.54. The summed E-state index contributed by atoms with van der Waals surface area (Å²) < 4.78 is 5.62. The highest BCUT2D eigenvalue weighted by Crippen LogP contribution is 2.30. The topological polar surface area (TPSA) is 106 Å². The molecule has 0 bridgehead atoms. The Bertz CT molecular complexity index is 885. The molecule has 1 amide bonds. The lowest BCUT2D eigenvalue weighted by molar-refractivity contribution is -0.113. The van der Waals surface area contributed by atoms with Gasteiger partial charge in [0, 0.05) is 11.6 Å². The van der Waals surface area contributed by atoms with Crippen LogP contribution in [0.4, 0.5) is 0 Å². The molecule has 116 valence electrons. The monoisotopic (exact) mass is 348 g/mol. The normalized spacial score (nSPS) is 16.0. The van der Waals surface area contributed by atoms with Gasteiger partial charge in [0.25, 0.3) is 5.91 Å². The average Bonchev–Trinajstić information content (AvgIpc) is 3.06. The van der Waals surface area contributed by atoms with Crippen molar-refractivity contribution in [2.24, 2.45) is 10.7 Å². The first-order valence-electron chi connectivity index (χ1n) is 6.35. The van der Waals surface area contributed by atoms with Crippen molar-refractivity contribution in [3.8, 4) is 11.3 Å². The highest BCUT2D eigenvalue weighted by atomic mass is 35.5. The fourth-order valence-electron chi connectivity index (χ4n) is 1.98. The summed E-state index contributed by atoms with van der Waals surface area (Å²) in [6, 6.07) is 7.92. The van der Waals surface area contributed by atoms with Crippen LogP contribution in [0, 0.1) is 0 Å². The van der Waals surface area contributed by atoms with E-state index in [4.69, 9.17) is 26.9 Å². The second-order valence-corrected chi connectivity index (χ2v) is 6.04. The molecule has 0 unspecified atom stereocenters. The number of carboxylic acid groups (broad SMARTS) is 1. The van der Waals surface area contributed by atoms with Crippen LogP contribution in [0.5, 0.6) is 0 Å². The predicted molar refractivity (Wildman–Crippen MR) is 88.3 cm³/mol. The summed E-state index contributed by atoms with van der Waals surface area (Å²) in [6.45, 7) is 0. The predicted octanol–water partition coefficient (Wildman–Crippen LogP) is 3.23. The van der Waals surface area contributed by atoms with Crippen molar-refractivity contribution in [3.63, 3.8) is 0 Å². The lowest BCUT2D eigenvalue weighted by Crippen LogP contribution is -2.01. The van der Waals surface area contributed by atoms with Gasteiger partial charge in [-0.3, -0.25) is 4.79 Å². The summed E-state index contributed by atoms with van der Waals surface area (Å²) in [7, 11) is 0. The van der Waals surface area contributed by atoms with Gasteiger partial charge in [0.2, 0.25) is 0 Å². The van der Waals surface area contributed by atoms with Crippen LogP contribution in [0.25, 0.3) is 17.4 Å². The van der Waals surface area contributed by atoms with Crippen LogP contribution in [0.15, 0.2) is 44.6 Å². The molecule has 0 radical (unpaired) electrons. The first-order chi connectivity index (χ1) is 10.9. The number of amidine groups is 1. The van der Waals surface area contributed by atoms with E-state index in [0.29, 0.717) is 22.0 Å². The standard InChI is InChI=1S/C15H9ClN2O4S/c16-10-3-1-7(5-9(10)14(20)21)11-4-2-8(22-11)6-12-13(19)18-15(17)23-12/h1-6H,(H,20,21)(H2,17,18,19). The Labute approximate surface area is 139 Å². The van der Waals surface area contributed by atoms with Gasteiger partial charge in [-0.2, -0.15) is 4.99 Å². The van der Waals surface area contributed by atoms with Gasteiger partial charge < -0.3 is 15.3 Å². The van der Waals surface area contributed by atoms with Gasteiger partial charge in [0.1, 0.15) is 11.5 Å². The third-order valence-corrected chi connectivity index (χ3v) is 4.16. The highest BCUT2D eigenvalue weighted by Gasteiger charge is 2.20. The van der Waals surface area contributed by atoms with E-state index in [0.717, 1.165) is 11.8 Å². The molecule has 8 heteroatoms. The Morgan fingerprint density at radius 3 is 2.78 bits per heavy atom. The van der Waals surface area contributed by atoms with E-state index in [1.165, 1.54) is 18.2 Å². The Morgan fingerprint density at radius 1 is 1.35 bits per heavy atom. The van der Waals surface area contributed by atoms with Crippen molar-refractivity contribution in [2.45, 2.75) is 0 Å². The number of hydrogen-bond donors (Lipinski definition) is 2. The van der Waals surface area contributed by atoms with Crippen molar-refractivity contribution in [1.29, 1.82) is 0 Å². The molecule has 0 atom stereocenters. The number of halogens is 1. The number of amides is 1. The Morgan fingerprint density at radius 2 is 2.13 bits per heavy atom. The largest absolute Gasteiger partial charge is 0.478 e. The molecule has 1 aliphatic rings. The number of furan rings is 1. The number of rotatable bonds is 3. The zero-order chi connectivity index (χ0) is 16.6. The minimum atomic E-state index is -1.12. The van der Waals surface area contributed by atoms with Crippen LogP contribution in [0.1, 0.15) is 16.1 Å². The van der Waals surface area contributed by atoms with Crippen LogP contribution in [0.3, 0.4) is 0 Å². The van der Waals surface area contributed by atoms with Gasteiger partial charge in [-0.05, 0) is 42.1 Å². The van der Waals surface area contributed by atoms with Crippen molar-refractivity contribution in [1.82, 2.24) is 0 Å². The molecule has 1 aliphatic heterocycles. The molecule has 23 heavy (non-hydrogen) atoms. The van der Waals surface area contributed by atoms with Gasteiger partial charge in [-0.25, -0.2) is 4.79 Å². The molecule has 0 spiro atoms. The van der Waals surface area contributed by atoms with Crippen LogP contribution in [-0.4, -0.2) is 22.2 Å². The maximum atomic E-state index is 11.5. The first kappa shape index (κ1) is 15.4. The number of benzene rings is 1. The molecule has 1 aromatic heterocycles. The summed E-state index contributed by atoms with van der Waals surface area (Å²) >= 11 is 6.91. The minimum Gasteiger partial charge on any atom is -0.478 e. The van der Waals surface area contributed by atoms with Crippen molar-refractivity contribution >= 4 is 46.5 Å². The van der Waals surface area contributed by atoms with Gasteiger partial charge in [-0.1, -0.05) is 11.6 Å². The Kier molecular flexibility index (Phi) is 3.97. The van der Waals surface area contributed by atoms with Crippen molar-refractivity contribution < 1.29 is 19.1 Å². The zero-order valence-corrected chi connectivity index (χ0v) is 13.0. The number of thioether (sulfide) groups is 1. The van der Waals surface area contributed by atoms with Crippen LogP contribution in [0.2, 0.25) is 5.02 Å². The smallest absolute Gasteiger partial charge is 0.337 e. The number of carbonyl (C=O) groups is 2. The molecule has 3 rings (SSSR count). The van der Waals surface area contributed by atoms with Crippen LogP contribution >= 0.6 is 23.4 Å². The molecule has 3 N–H and O–H groups in total. The maximum Gasteiger partial charge on any atom is 0.337 e. The van der Waals surface area contributed by atoms with Gasteiger partial charge in [0.15, 0.2) is 5.17 Å². The number of carbonyl (C=O) groups excluding carboxylic acids is 1.